The molecule has 0 aromatic carbocycles. The summed E-state index contributed by atoms with van der Waals surface area (Å²) in [5.74, 6) is 1.01. The first-order chi connectivity index (χ1) is 8.74. The third kappa shape index (κ3) is 2.05. The van der Waals surface area contributed by atoms with Crippen LogP contribution < -0.4 is 4.90 Å². The first-order valence-electron chi connectivity index (χ1n) is 8.30. The van der Waals surface area contributed by atoms with E-state index in [0.717, 1.165) is 5.92 Å². The maximum atomic E-state index is 2.59. The Kier molecular flexibility index (Phi) is 3.53. The zero-order chi connectivity index (χ0) is 12.6. The Morgan fingerprint density at radius 1 is 1.22 bits per heavy atom. The molecule has 0 spiro atoms. The van der Waals surface area contributed by atoms with Crippen molar-refractivity contribution in [3.8, 4) is 0 Å². The molecule has 0 saturated carbocycles. The predicted molar refractivity (Wildman–Crippen MR) is 76.8 cm³/mol. The van der Waals surface area contributed by atoms with Gasteiger partial charge in [-0.25, -0.2) is 0 Å². The standard InChI is InChI=1S/C17H29N/c1-3-4-7-14-12-17(2)16-9-6-5-8-15(16)10-11-18(17)13-14/h14H,3-13H2,1-2H3/p+1/t14-,17-/m1/s1. The summed E-state index contributed by atoms with van der Waals surface area (Å²) in [6.07, 6.45) is 13.0. The fraction of sp³-hybridized carbons (Fsp3) is 0.882. The second-order valence-electron chi connectivity index (χ2n) is 7.14. The first kappa shape index (κ1) is 12.7. The molecule has 1 aliphatic carbocycles. The van der Waals surface area contributed by atoms with Gasteiger partial charge in [-0.1, -0.05) is 25.3 Å². The Labute approximate surface area is 113 Å². The van der Waals surface area contributed by atoms with Gasteiger partial charge in [0.2, 0.25) is 0 Å². The molecule has 1 unspecified atom stereocenters. The zero-order valence-corrected chi connectivity index (χ0v) is 12.4. The van der Waals surface area contributed by atoms with Crippen LogP contribution in [0.3, 0.4) is 0 Å². The lowest BCUT2D eigenvalue weighted by molar-refractivity contribution is -0.934. The topological polar surface area (TPSA) is 4.44 Å². The van der Waals surface area contributed by atoms with Crippen molar-refractivity contribution in [1.82, 2.24) is 0 Å². The summed E-state index contributed by atoms with van der Waals surface area (Å²) in [7, 11) is 0. The van der Waals surface area contributed by atoms with Crippen LogP contribution in [0.1, 0.15) is 71.6 Å². The Hall–Kier alpha value is -0.300. The van der Waals surface area contributed by atoms with E-state index in [1.807, 2.05) is 16.0 Å². The van der Waals surface area contributed by atoms with E-state index in [9.17, 15) is 0 Å². The van der Waals surface area contributed by atoms with Gasteiger partial charge in [0.15, 0.2) is 0 Å². The van der Waals surface area contributed by atoms with Gasteiger partial charge in [0.25, 0.3) is 0 Å². The monoisotopic (exact) mass is 248 g/mol. The van der Waals surface area contributed by atoms with Gasteiger partial charge in [-0.3, -0.25) is 0 Å². The SMILES string of the molecule is CCCC[C@H]1C[NH+]2CCC3=C(CCCC3)[C@@]2(C)C1. The van der Waals surface area contributed by atoms with Crippen molar-refractivity contribution in [1.29, 1.82) is 0 Å². The smallest absolute Gasteiger partial charge is 0.117 e. The van der Waals surface area contributed by atoms with Crippen LogP contribution >= 0.6 is 0 Å². The number of fused-ring (bicyclic) bond motifs is 2. The predicted octanol–water partition coefficient (Wildman–Crippen LogP) is 3.11. The van der Waals surface area contributed by atoms with Gasteiger partial charge in [0.1, 0.15) is 5.54 Å². The van der Waals surface area contributed by atoms with Gasteiger partial charge in [-0.15, -0.1) is 0 Å². The summed E-state index contributed by atoms with van der Waals surface area (Å²) in [5, 5.41) is 0. The van der Waals surface area contributed by atoms with Gasteiger partial charge in [0.05, 0.1) is 13.1 Å². The lowest BCUT2D eigenvalue weighted by Crippen LogP contribution is -3.18. The second-order valence-corrected chi connectivity index (χ2v) is 7.14. The largest absolute Gasteiger partial charge is 0.326 e. The van der Waals surface area contributed by atoms with Gasteiger partial charge in [0, 0.05) is 18.8 Å². The van der Waals surface area contributed by atoms with Crippen LogP contribution in [0.5, 0.6) is 0 Å². The summed E-state index contributed by atoms with van der Waals surface area (Å²) >= 11 is 0. The highest BCUT2D eigenvalue weighted by Crippen LogP contribution is 2.40. The van der Waals surface area contributed by atoms with Gasteiger partial charge >= 0.3 is 0 Å². The van der Waals surface area contributed by atoms with Crippen molar-refractivity contribution in [2.75, 3.05) is 13.1 Å². The average Bonchev–Trinajstić information content (AvgIpc) is 2.73. The lowest BCUT2D eigenvalue weighted by Gasteiger charge is -2.41. The lowest BCUT2D eigenvalue weighted by atomic mass is 9.74. The summed E-state index contributed by atoms with van der Waals surface area (Å²) < 4.78 is 0. The molecule has 1 N–H and O–H groups in total. The van der Waals surface area contributed by atoms with E-state index < -0.39 is 0 Å². The minimum atomic E-state index is 0.548. The second kappa shape index (κ2) is 5.00. The Morgan fingerprint density at radius 3 is 2.89 bits per heavy atom. The average molecular weight is 248 g/mol. The molecule has 3 atom stereocenters. The molecule has 2 heterocycles. The van der Waals surface area contributed by atoms with Crippen LogP contribution in [-0.4, -0.2) is 18.6 Å². The number of hydrogen-bond acceptors (Lipinski definition) is 0. The maximum absolute atomic E-state index is 2.59. The van der Waals surface area contributed by atoms with Crippen molar-refractivity contribution in [3.63, 3.8) is 0 Å². The van der Waals surface area contributed by atoms with E-state index >= 15 is 0 Å². The summed E-state index contributed by atoms with van der Waals surface area (Å²) in [6.45, 7) is 7.82. The fourth-order valence-electron chi connectivity index (χ4n) is 4.99. The van der Waals surface area contributed by atoms with Crippen molar-refractivity contribution >= 4 is 0 Å². The maximum Gasteiger partial charge on any atom is 0.117 e. The van der Waals surface area contributed by atoms with Crippen LogP contribution in [0.15, 0.2) is 11.1 Å². The minimum Gasteiger partial charge on any atom is -0.326 e. The molecule has 3 rings (SSSR count). The summed E-state index contributed by atoms with van der Waals surface area (Å²) in [6, 6.07) is 0. The molecule has 18 heavy (non-hydrogen) atoms. The molecular weight excluding hydrogens is 218 g/mol. The highest BCUT2D eigenvalue weighted by molar-refractivity contribution is 5.28. The molecule has 0 radical (unpaired) electrons. The molecule has 0 aromatic heterocycles. The number of unbranched alkanes of at least 4 members (excludes halogenated alkanes) is 1. The molecule has 0 bridgehead atoms. The van der Waals surface area contributed by atoms with Crippen LogP contribution in [0.4, 0.5) is 0 Å². The molecule has 2 aliphatic heterocycles. The molecule has 1 nitrogen and oxygen atoms in total. The number of nitrogens with one attached hydrogen (secondary N) is 1. The molecule has 0 aromatic rings. The van der Waals surface area contributed by atoms with E-state index in [4.69, 9.17) is 0 Å². The molecule has 1 saturated heterocycles. The highest BCUT2D eigenvalue weighted by atomic mass is 15.2. The molecule has 1 fully saturated rings. The third-order valence-electron chi connectivity index (χ3n) is 5.95. The fourth-order valence-corrected chi connectivity index (χ4v) is 4.99. The Balaban J connectivity index is 1.78. The van der Waals surface area contributed by atoms with E-state index in [1.54, 1.807) is 0 Å². The molecule has 0 amide bonds. The van der Waals surface area contributed by atoms with E-state index in [0.29, 0.717) is 5.54 Å². The van der Waals surface area contributed by atoms with Gasteiger partial charge < -0.3 is 4.90 Å². The molecule has 3 aliphatic rings. The van der Waals surface area contributed by atoms with E-state index in [-0.39, 0.29) is 0 Å². The van der Waals surface area contributed by atoms with Crippen molar-refractivity contribution in [3.05, 3.63) is 11.1 Å². The number of rotatable bonds is 3. The van der Waals surface area contributed by atoms with E-state index in [2.05, 4.69) is 13.8 Å². The Morgan fingerprint density at radius 2 is 2.06 bits per heavy atom. The normalized spacial score (nSPS) is 39.7. The summed E-state index contributed by atoms with van der Waals surface area (Å²) in [5.41, 5.74) is 4.34. The van der Waals surface area contributed by atoms with Crippen molar-refractivity contribution in [2.24, 2.45) is 5.92 Å². The van der Waals surface area contributed by atoms with Crippen molar-refractivity contribution < 1.29 is 4.90 Å². The van der Waals surface area contributed by atoms with Crippen LogP contribution in [-0.2, 0) is 0 Å². The summed E-state index contributed by atoms with van der Waals surface area (Å²) in [4.78, 5) is 1.93. The van der Waals surface area contributed by atoms with Crippen LogP contribution in [0, 0.1) is 5.92 Å². The highest BCUT2D eigenvalue weighted by Gasteiger charge is 2.50. The minimum absolute atomic E-state index is 0.548. The Bertz CT molecular complexity index is 344. The van der Waals surface area contributed by atoms with Crippen LogP contribution in [0.2, 0.25) is 0 Å². The molecule has 102 valence electrons. The van der Waals surface area contributed by atoms with Crippen LogP contribution in [0.25, 0.3) is 0 Å². The van der Waals surface area contributed by atoms with Gasteiger partial charge in [-0.2, -0.15) is 0 Å². The van der Waals surface area contributed by atoms with Gasteiger partial charge in [-0.05, 0) is 44.6 Å². The molecule has 1 heteroatoms. The molecular formula is C17H30N+. The van der Waals surface area contributed by atoms with E-state index in [1.165, 1.54) is 70.9 Å². The first-order valence-corrected chi connectivity index (χ1v) is 8.30. The number of quaternary nitrogens is 1. The third-order valence-corrected chi connectivity index (χ3v) is 5.95. The zero-order valence-electron chi connectivity index (χ0n) is 12.4. The number of hydrogen-bond donors (Lipinski definition) is 1. The quantitative estimate of drug-likeness (QED) is 0.732. The van der Waals surface area contributed by atoms with Crippen molar-refractivity contribution in [2.45, 2.75) is 77.2 Å².